The van der Waals surface area contributed by atoms with Crippen LogP contribution in [0.5, 0.6) is 0 Å². The van der Waals surface area contributed by atoms with E-state index in [2.05, 4.69) is 10.2 Å². The SMILES string of the molecule is Cc1ccc([N+]2(Cc3ccc(Cl)cc3Cl)CC(C(N)=O)N(C)C2=O)nn1. The molecule has 2 aromatic rings. The summed E-state index contributed by atoms with van der Waals surface area (Å²) in [6.45, 7) is 2.17. The fourth-order valence-electron chi connectivity index (χ4n) is 3.18. The Kier molecular flexibility index (Phi) is 4.88. The summed E-state index contributed by atoms with van der Waals surface area (Å²) >= 11 is 12.3. The molecular weight excluding hydrogens is 377 g/mol. The molecule has 1 aliphatic heterocycles. The second-order valence-electron chi connectivity index (χ2n) is 6.39. The summed E-state index contributed by atoms with van der Waals surface area (Å²) in [5.41, 5.74) is 6.93. The first kappa shape index (κ1) is 18.6. The van der Waals surface area contributed by atoms with Gasteiger partial charge >= 0.3 is 6.03 Å². The molecule has 3 rings (SSSR count). The highest BCUT2D eigenvalue weighted by Crippen LogP contribution is 2.34. The zero-order valence-electron chi connectivity index (χ0n) is 14.3. The lowest BCUT2D eigenvalue weighted by Crippen LogP contribution is -2.52. The number of aromatic nitrogens is 2. The Hall–Kier alpha value is -2.22. The minimum absolute atomic E-state index is 0.154. The number of nitrogens with two attached hydrogens (primary N) is 1. The second-order valence-corrected chi connectivity index (χ2v) is 7.23. The van der Waals surface area contributed by atoms with Crippen molar-refractivity contribution in [1.82, 2.24) is 19.6 Å². The van der Waals surface area contributed by atoms with Crippen LogP contribution < -0.4 is 10.2 Å². The van der Waals surface area contributed by atoms with E-state index in [0.29, 0.717) is 21.4 Å². The summed E-state index contributed by atoms with van der Waals surface area (Å²) in [5, 5.41) is 9.22. The van der Waals surface area contributed by atoms with Gasteiger partial charge < -0.3 is 5.73 Å². The summed E-state index contributed by atoms with van der Waals surface area (Å²) in [7, 11) is 1.56. The van der Waals surface area contributed by atoms with Gasteiger partial charge in [0.2, 0.25) is 5.91 Å². The zero-order valence-corrected chi connectivity index (χ0v) is 15.8. The normalized spacial score (nSPS) is 22.7. The third kappa shape index (κ3) is 3.13. The van der Waals surface area contributed by atoms with Crippen LogP contribution in [0.3, 0.4) is 0 Å². The van der Waals surface area contributed by atoms with Crippen LogP contribution in [0.2, 0.25) is 10.0 Å². The molecule has 136 valence electrons. The van der Waals surface area contributed by atoms with E-state index in [9.17, 15) is 9.59 Å². The molecular formula is C17H18Cl2N5O2+. The van der Waals surface area contributed by atoms with Crippen molar-refractivity contribution in [2.24, 2.45) is 5.73 Å². The molecule has 2 atom stereocenters. The molecule has 0 bridgehead atoms. The van der Waals surface area contributed by atoms with Gasteiger partial charge in [0.25, 0.3) is 5.82 Å². The van der Waals surface area contributed by atoms with Crippen molar-refractivity contribution < 1.29 is 9.59 Å². The molecule has 1 fully saturated rings. The van der Waals surface area contributed by atoms with Crippen LogP contribution in [0.25, 0.3) is 0 Å². The largest absolute Gasteiger partial charge is 0.426 e. The molecule has 26 heavy (non-hydrogen) atoms. The average Bonchev–Trinajstić information content (AvgIpc) is 2.84. The third-order valence-electron chi connectivity index (χ3n) is 4.63. The maximum absolute atomic E-state index is 13.2. The van der Waals surface area contributed by atoms with E-state index in [4.69, 9.17) is 28.9 Å². The highest BCUT2D eigenvalue weighted by Gasteiger charge is 2.55. The van der Waals surface area contributed by atoms with Crippen molar-refractivity contribution in [1.29, 1.82) is 0 Å². The molecule has 1 aliphatic rings. The predicted octanol–water partition coefficient (Wildman–Crippen LogP) is 2.52. The van der Waals surface area contributed by atoms with Crippen LogP contribution in [0.1, 0.15) is 11.3 Å². The number of aryl methyl sites for hydroxylation is 1. The van der Waals surface area contributed by atoms with E-state index in [-0.39, 0.29) is 23.6 Å². The van der Waals surface area contributed by atoms with Crippen molar-refractivity contribution in [3.8, 4) is 0 Å². The van der Waals surface area contributed by atoms with Crippen LogP contribution in [0, 0.1) is 6.92 Å². The number of likely N-dealkylation sites (N-methyl/N-ethyl adjacent to an activating group) is 1. The number of benzene rings is 1. The Morgan fingerprint density at radius 2 is 2.04 bits per heavy atom. The van der Waals surface area contributed by atoms with Crippen LogP contribution in [0.15, 0.2) is 30.3 Å². The number of carbonyl (C=O) groups is 2. The lowest BCUT2D eigenvalue weighted by atomic mass is 10.1. The number of carbonyl (C=O) groups excluding carboxylic acids is 2. The Morgan fingerprint density at radius 3 is 2.58 bits per heavy atom. The number of nitrogens with zero attached hydrogens (tertiary/aromatic N) is 4. The molecule has 0 saturated carbocycles. The summed E-state index contributed by atoms with van der Waals surface area (Å²) < 4.78 is -0.223. The molecule has 7 nitrogen and oxygen atoms in total. The van der Waals surface area contributed by atoms with Gasteiger partial charge in [0.05, 0.1) is 10.7 Å². The van der Waals surface area contributed by atoms with E-state index >= 15 is 0 Å². The highest BCUT2D eigenvalue weighted by atomic mass is 35.5. The van der Waals surface area contributed by atoms with Crippen molar-refractivity contribution in [3.63, 3.8) is 0 Å². The van der Waals surface area contributed by atoms with Gasteiger partial charge in [0.15, 0.2) is 6.04 Å². The Balaban J connectivity index is 2.12. The van der Waals surface area contributed by atoms with Crippen molar-refractivity contribution in [2.45, 2.75) is 19.5 Å². The molecule has 1 aromatic carbocycles. The first-order valence-corrected chi connectivity index (χ1v) is 8.69. The summed E-state index contributed by atoms with van der Waals surface area (Å²) in [6.07, 6.45) is 0. The van der Waals surface area contributed by atoms with Crippen molar-refractivity contribution in [3.05, 3.63) is 51.6 Å². The van der Waals surface area contributed by atoms with Crippen molar-refractivity contribution >= 4 is 41.0 Å². The van der Waals surface area contributed by atoms with Gasteiger partial charge in [0, 0.05) is 23.7 Å². The van der Waals surface area contributed by atoms with E-state index in [1.807, 2.05) is 0 Å². The summed E-state index contributed by atoms with van der Waals surface area (Å²) in [5.74, 6) is -0.134. The summed E-state index contributed by atoms with van der Waals surface area (Å²) in [6, 6.07) is 7.56. The van der Waals surface area contributed by atoms with Crippen LogP contribution in [0.4, 0.5) is 10.6 Å². The van der Waals surface area contributed by atoms with Gasteiger partial charge in [-0.1, -0.05) is 34.4 Å². The first-order chi connectivity index (χ1) is 12.2. The fraction of sp³-hybridized carbons (Fsp3) is 0.294. The molecule has 2 unspecified atom stereocenters. The third-order valence-corrected chi connectivity index (χ3v) is 5.21. The molecule has 9 heteroatoms. The number of halogens is 2. The predicted molar refractivity (Wildman–Crippen MR) is 99.7 cm³/mol. The van der Waals surface area contributed by atoms with E-state index in [0.717, 1.165) is 5.69 Å². The number of quaternary nitrogens is 1. The number of urea groups is 1. The lowest BCUT2D eigenvalue weighted by molar-refractivity contribution is -0.121. The maximum Gasteiger partial charge on any atom is 0.426 e. The number of hydrogen-bond acceptors (Lipinski definition) is 4. The van der Waals surface area contributed by atoms with E-state index in [1.165, 1.54) is 4.90 Å². The monoisotopic (exact) mass is 394 g/mol. The van der Waals surface area contributed by atoms with Gasteiger partial charge in [-0.2, -0.15) is 9.58 Å². The highest BCUT2D eigenvalue weighted by molar-refractivity contribution is 6.35. The van der Waals surface area contributed by atoms with E-state index < -0.39 is 11.9 Å². The molecule has 0 spiro atoms. The smallest absolute Gasteiger partial charge is 0.368 e. The molecule has 2 N–H and O–H groups in total. The van der Waals surface area contributed by atoms with Gasteiger partial charge in [0.1, 0.15) is 13.1 Å². The van der Waals surface area contributed by atoms with Gasteiger partial charge in [-0.25, -0.2) is 4.79 Å². The quantitative estimate of drug-likeness (QED) is 0.806. The zero-order chi connectivity index (χ0) is 19.1. The molecule has 0 radical (unpaired) electrons. The maximum atomic E-state index is 13.2. The van der Waals surface area contributed by atoms with Crippen LogP contribution >= 0.6 is 23.2 Å². The second kappa shape index (κ2) is 6.83. The van der Waals surface area contributed by atoms with Crippen LogP contribution in [-0.2, 0) is 11.3 Å². The number of hydrogen-bond donors (Lipinski definition) is 1. The number of rotatable bonds is 4. The standard InChI is InChI=1S/C17H17Cl2N5O2/c1-10-3-6-15(22-21-10)24(8-11-4-5-12(18)7-13(11)19)9-14(16(20)25)23(2)17(24)26/h3-7,14H,8-9H2,1-2H3,(H-,20,25)/p+1. The number of amides is 3. The molecule has 1 saturated heterocycles. The number of primary amides is 1. The van der Waals surface area contributed by atoms with Gasteiger partial charge in [-0.05, 0) is 25.1 Å². The van der Waals surface area contributed by atoms with Gasteiger partial charge in [-0.15, -0.1) is 0 Å². The Morgan fingerprint density at radius 1 is 1.31 bits per heavy atom. The molecule has 0 aliphatic carbocycles. The first-order valence-electron chi connectivity index (χ1n) is 7.93. The molecule has 3 amide bonds. The lowest BCUT2D eigenvalue weighted by Gasteiger charge is -2.28. The topological polar surface area (TPSA) is 89.2 Å². The minimum atomic E-state index is -0.739. The summed E-state index contributed by atoms with van der Waals surface area (Å²) in [4.78, 5) is 26.4. The molecule has 2 heterocycles. The van der Waals surface area contributed by atoms with Gasteiger partial charge in [-0.3, -0.25) is 9.69 Å². The van der Waals surface area contributed by atoms with Crippen LogP contribution in [-0.4, -0.2) is 46.7 Å². The minimum Gasteiger partial charge on any atom is -0.368 e. The Bertz CT molecular complexity index is 874. The van der Waals surface area contributed by atoms with Crippen molar-refractivity contribution in [2.75, 3.05) is 13.6 Å². The average molecular weight is 395 g/mol. The Labute approximate surface area is 160 Å². The molecule has 1 aromatic heterocycles. The fourth-order valence-corrected chi connectivity index (χ4v) is 3.65. The van der Waals surface area contributed by atoms with E-state index in [1.54, 1.807) is 44.3 Å².